The van der Waals surface area contributed by atoms with Gasteiger partial charge in [0, 0.05) is 11.1 Å². The topological polar surface area (TPSA) is 52.5 Å². The Morgan fingerprint density at radius 2 is 1.65 bits per heavy atom. The highest BCUT2D eigenvalue weighted by atomic mass is 14.9. The molecule has 2 aromatic carbocycles. The van der Waals surface area contributed by atoms with Crippen LogP contribution in [0.5, 0.6) is 0 Å². The fourth-order valence-corrected chi connectivity index (χ4v) is 2.12. The van der Waals surface area contributed by atoms with Crippen LogP contribution in [0.1, 0.15) is 11.3 Å². The van der Waals surface area contributed by atoms with Crippen molar-refractivity contribution in [3.8, 4) is 28.7 Å². The number of aryl methyl sites for hydroxylation is 1. The molecule has 3 nitrogen and oxygen atoms in total. The van der Waals surface area contributed by atoms with Gasteiger partial charge < -0.3 is 4.98 Å². The summed E-state index contributed by atoms with van der Waals surface area (Å²) in [6, 6.07) is 20.0. The maximum absolute atomic E-state index is 9.26. The van der Waals surface area contributed by atoms with Gasteiger partial charge in [0.25, 0.3) is 0 Å². The van der Waals surface area contributed by atoms with E-state index >= 15 is 0 Å². The van der Waals surface area contributed by atoms with Gasteiger partial charge in [0.2, 0.25) is 0 Å². The van der Waals surface area contributed by atoms with Crippen molar-refractivity contribution in [2.24, 2.45) is 0 Å². The molecule has 0 radical (unpaired) electrons. The third-order valence-corrected chi connectivity index (χ3v) is 3.20. The first-order valence-electron chi connectivity index (χ1n) is 6.40. The van der Waals surface area contributed by atoms with E-state index in [1.54, 1.807) is 0 Å². The summed E-state index contributed by atoms with van der Waals surface area (Å²) < 4.78 is 0. The third kappa shape index (κ3) is 2.19. The molecule has 0 saturated carbocycles. The molecule has 0 fully saturated rings. The van der Waals surface area contributed by atoms with Crippen molar-refractivity contribution in [3.63, 3.8) is 0 Å². The Bertz CT molecular complexity index is 762. The molecule has 0 unspecified atom stereocenters. The molecule has 20 heavy (non-hydrogen) atoms. The van der Waals surface area contributed by atoms with Crippen LogP contribution < -0.4 is 0 Å². The molecule has 0 bridgehead atoms. The third-order valence-electron chi connectivity index (χ3n) is 3.20. The number of rotatable bonds is 2. The molecule has 1 heterocycles. The van der Waals surface area contributed by atoms with Crippen LogP contribution in [-0.2, 0) is 0 Å². The van der Waals surface area contributed by atoms with Crippen LogP contribution in [-0.4, -0.2) is 9.97 Å². The number of imidazole rings is 1. The van der Waals surface area contributed by atoms with Crippen LogP contribution in [0.4, 0.5) is 0 Å². The molecule has 3 rings (SSSR count). The highest BCUT2D eigenvalue weighted by Gasteiger charge is 2.12. The molecular formula is C17H13N3. The number of aromatic amines is 1. The number of hydrogen-bond acceptors (Lipinski definition) is 2. The molecule has 1 N–H and O–H groups in total. The van der Waals surface area contributed by atoms with E-state index in [0.717, 1.165) is 22.6 Å². The maximum atomic E-state index is 9.26. The van der Waals surface area contributed by atoms with E-state index in [4.69, 9.17) is 0 Å². The monoisotopic (exact) mass is 259 g/mol. The van der Waals surface area contributed by atoms with Gasteiger partial charge >= 0.3 is 0 Å². The first-order valence-corrected chi connectivity index (χ1v) is 6.40. The second kappa shape index (κ2) is 5.02. The molecule has 0 atom stereocenters. The first kappa shape index (κ1) is 12.2. The van der Waals surface area contributed by atoms with E-state index in [1.807, 2.05) is 61.5 Å². The normalized spacial score (nSPS) is 10.2. The Kier molecular flexibility index (Phi) is 3.06. The zero-order valence-electron chi connectivity index (χ0n) is 11.1. The Hall–Kier alpha value is -2.86. The van der Waals surface area contributed by atoms with Gasteiger partial charge in [0.1, 0.15) is 11.9 Å². The first-order chi connectivity index (χ1) is 9.78. The number of hydrogen-bond donors (Lipinski definition) is 1. The zero-order valence-corrected chi connectivity index (χ0v) is 11.1. The molecule has 0 amide bonds. The highest BCUT2D eigenvalue weighted by molar-refractivity contribution is 5.70. The number of nitriles is 1. The summed E-state index contributed by atoms with van der Waals surface area (Å²) in [6.07, 6.45) is 0. The summed E-state index contributed by atoms with van der Waals surface area (Å²) in [6.45, 7) is 2.04. The van der Waals surface area contributed by atoms with E-state index in [0.29, 0.717) is 5.69 Å². The minimum Gasteiger partial charge on any atom is -0.337 e. The lowest BCUT2D eigenvalue weighted by Crippen LogP contribution is -1.82. The molecule has 0 aliphatic heterocycles. The lowest BCUT2D eigenvalue weighted by atomic mass is 10.1. The second-order valence-electron chi connectivity index (χ2n) is 4.65. The van der Waals surface area contributed by atoms with Crippen molar-refractivity contribution >= 4 is 0 Å². The number of H-pyrrole nitrogens is 1. The molecule has 0 aliphatic carbocycles. The average Bonchev–Trinajstić information content (AvgIpc) is 2.93. The van der Waals surface area contributed by atoms with Crippen molar-refractivity contribution in [1.82, 2.24) is 9.97 Å². The van der Waals surface area contributed by atoms with Crippen LogP contribution in [0, 0.1) is 18.3 Å². The minimum absolute atomic E-state index is 0.424. The van der Waals surface area contributed by atoms with Crippen molar-refractivity contribution in [3.05, 3.63) is 65.9 Å². The van der Waals surface area contributed by atoms with E-state index in [9.17, 15) is 5.26 Å². The predicted molar refractivity (Wildman–Crippen MR) is 78.9 cm³/mol. The lowest BCUT2D eigenvalue weighted by molar-refractivity contribution is 1.29. The summed E-state index contributed by atoms with van der Waals surface area (Å²) in [4.78, 5) is 7.63. The summed E-state index contributed by atoms with van der Waals surface area (Å²) in [7, 11) is 0. The number of nitrogens with one attached hydrogen (secondary N) is 1. The number of nitrogens with zero attached hydrogens (tertiary/aromatic N) is 2. The summed E-state index contributed by atoms with van der Waals surface area (Å²) in [5.41, 5.74) is 4.33. The van der Waals surface area contributed by atoms with Crippen LogP contribution in [0.25, 0.3) is 22.6 Å². The van der Waals surface area contributed by atoms with Gasteiger partial charge in [-0.2, -0.15) is 5.26 Å². The SMILES string of the molecule is Cc1ccc(-c2[nH]c(-c3ccccc3)nc2C#N)cc1. The quantitative estimate of drug-likeness (QED) is 0.758. The molecule has 1 aromatic heterocycles. The minimum atomic E-state index is 0.424. The van der Waals surface area contributed by atoms with Gasteiger partial charge in [-0.05, 0) is 6.92 Å². The van der Waals surface area contributed by atoms with Gasteiger partial charge in [0.05, 0.1) is 5.69 Å². The largest absolute Gasteiger partial charge is 0.337 e. The van der Waals surface area contributed by atoms with Gasteiger partial charge in [-0.15, -0.1) is 0 Å². The molecular weight excluding hydrogens is 246 g/mol. The van der Waals surface area contributed by atoms with E-state index in [2.05, 4.69) is 16.0 Å². The molecule has 0 aliphatic rings. The van der Waals surface area contributed by atoms with Crippen molar-refractivity contribution in [2.75, 3.05) is 0 Å². The Labute approximate surface area is 117 Å². The number of aromatic nitrogens is 2. The second-order valence-corrected chi connectivity index (χ2v) is 4.65. The lowest BCUT2D eigenvalue weighted by Gasteiger charge is -1.99. The Morgan fingerprint density at radius 3 is 2.30 bits per heavy atom. The molecule has 96 valence electrons. The maximum Gasteiger partial charge on any atom is 0.166 e. The zero-order chi connectivity index (χ0) is 13.9. The highest BCUT2D eigenvalue weighted by Crippen LogP contribution is 2.25. The van der Waals surface area contributed by atoms with Crippen LogP contribution in [0.2, 0.25) is 0 Å². The summed E-state index contributed by atoms with van der Waals surface area (Å²) >= 11 is 0. The van der Waals surface area contributed by atoms with Crippen LogP contribution in [0.15, 0.2) is 54.6 Å². The van der Waals surface area contributed by atoms with Crippen LogP contribution >= 0.6 is 0 Å². The van der Waals surface area contributed by atoms with E-state index in [1.165, 1.54) is 5.56 Å². The molecule has 0 saturated heterocycles. The van der Waals surface area contributed by atoms with Crippen LogP contribution in [0.3, 0.4) is 0 Å². The Morgan fingerprint density at radius 1 is 0.950 bits per heavy atom. The van der Waals surface area contributed by atoms with Gasteiger partial charge in [-0.1, -0.05) is 60.2 Å². The molecule has 3 heteroatoms. The smallest absolute Gasteiger partial charge is 0.166 e. The summed E-state index contributed by atoms with van der Waals surface area (Å²) in [5, 5.41) is 9.26. The van der Waals surface area contributed by atoms with Gasteiger partial charge in [-0.25, -0.2) is 4.98 Å². The van der Waals surface area contributed by atoms with Crippen molar-refractivity contribution in [2.45, 2.75) is 6.92 Å². The molecule has 0 spiro atoms. The van der Waals surface area contributed by atoms with Gasteiger partial charge in [0.15, 0.2) is 5.69 Å². The average molecular weight is 259 g/mol. The fraction of sp³-hybridized carbons (Fsp3) is 0.0588. The summed E-state index contributed by atoms with van der Waals surface area (Å²) in [5.74, 6) is 0.720. The fourth-order valence-electron chi connectivity index (χ4n) is 2.12. The van der Waals surface area contributed by atoms with Crippen molar-refractivity contribution < 1.29 is 0 Å². The number of benzene rings is 2. The predicted octanol–water partition coefficient (Wildman–Crippen LogP) is 3.92. The van der Waals surface area contributed by atoms with Crippen molar-refractivity contribution in [1.29, 1.82) is 5.26 Å². The van der Waals surface area contributed by atoms with Gasteiger partial charge in [-0.3, -0.25) is 0 Å². The standard InChI is InChI=1S/C17H13N3/c1-12-7-9-13(10-8-12)16-15(11-18)19-17(20-16)14-5-3-2-4-6-14/h2-10H,1H3,(H,19,20). The molecule has 3 aromatic rings. The van der Waals surface area contributed by atoms with E-state index in [-0.39, 0.29) is 0 Å². The Balaban J connectivity index is 2.11. The van der Waals surface area contributed by atoms with E-state index < -0.39 is 0 Å².